The summed E-state index contributed by atoms with van der Waals surface area (Å²) in [5.41, 5.74) is 4.99. The summed E-state index contributed by atoms with van der Waals surface area (Å²) in [4.78, 5) is 10.2. The minimum absolute atomic E-state index is 0.0240. The van der Waals surface area contributed by atoms with Crippen LogP contribution in [0, 0.1) is 10.1 Å². The van der Waals surface area contributed by atoms with E-state index in [1.165, 1.54) is 19.2 Å². The fraction of sp³-hybridized carbons (Fsp3) is 0.235. The highest BCUT2D eigenvalue weighted by Gasteiger charge is 2.14. The number of nitro benzene ring substituents is 1. The van der Waals surface area contributed by atoms with Gasteiger partial charge in [-0.15, -0.1) is 0 Å². The molecule has 0 aliphatic heterocycles. The maximum Gasteiger partial charge on any atom is 0.269 e. The van der Waals surface area contributed by atoms with Gasteiger partial charge >= 0.3 is 0 Å². The molecule has 0 aromatic heterocycles. The van der Waals surface area contributed by atoms with Gasteiger partial charge in [0.05, 0.1) is 37.7 Å². The number of rotatable bonds is 7. The number of benzene rings is 2. The number of anilines is 1. The lowest BCUT2D eigenvalue weighted by molar-refractivity contribution is -0.384. The summed E-state index contributed by atoms with van der Waals surface area (Å²) in [6.07, 6.45) is 0. The largest absolute Gasteiger partial charge is 0.493 e. The molecule has 0 radical (unpaired) electrons. The fourth-order valence-electron chi connectivity index (χ4n) is 2.16. The Morgan fingerprint density at radius 2 is 1.60 bits per heavy atom. The fourth-order valence-corrected chi connectivity index (χ4v) is 2.16. The zero-order chi connectivity index (χ0) is 18.4. The molecule has 0 saturated heterocycles. The van der Waals surface area contributed by atoms with E-state index in [-0.39, 0.29) is 5.69 Å². The van der Waals surface area contributed by atoms with Crippen LogP contribution >= 0.6 is 0 Å². The molecule has 2 aromatic rings. The highest BCUT2D eigenvalue weighted by atomic mass is 16.6. The molecule has 2 rings (SSSR count). The second-order valence-corrected chi connectivity index (χ2v) is 5.03. The highest BCUT2D eigenvalue weighted by molar-refractivity contribution is 6.00. The molecular weight excluding hydrogens is 326 g/mol. The lowest BCUT2D eigenvalue weighted by Gasteiger charge is -2.14. The van der Waals surface area contributed by atoms with E-state index in [2.05, 4.69) is 10.5 Å². The molecule has 0 heterocycles. The van der Waals surface area contributed by atoms with Gasteiger partial charge in [-0.25, -0.2) is 0 Å². The number of ether oxygens (including phenoxy) is 3. The first kappa shape index (κ1) is 18.1. The van der Waals surface area contributed by atoms with E-state index in [4.69, 9.17) is 14.2 Å². The first-order chi connectivity index (χ1) is 12.0. The van der Waals surface area contributed by atoms with Gasteiger partial charge in [-0.05, 0) is 31.2 Å². The molecule has 8 heteroatoms. The van der Waals surface area contributed by atoms with E-state index in [9.17, 15) is 10.1 Å². The molecule has 0 unspecified atom stereocenters. The molecule has 2 aromatic carbocycles. The van der Waals surface area contributed by atoms with Crippen LogP contribution in [0.4, 0.5) is 11.4 Å². The van der Waals surface area contributed by atoms with E-state index in [1.54, 1.807) is 38.5 Å². The Morgan fingerprint density at radius 1 is 1.04 bits per heavy atom. The Hall–Kier alpha value is -3.29. The van der Waals surface area contributed by atoms with E-state index >= 15 is 0 Å². The van der Waals surface area contributed by atoms with Crippen molar-refractivity contribution < 1.29 is 19.1 Å². The van der Waals surface area contributed by atoms with Gasteiger partial charge in [-0.3, -0.25) is 15.5 Å². The Kier molecular flexibility index (Phi) is 5.78. The van der Waals surface area contributed by atoms with Crippen LogP contribution in [-0.4, -0.2) is 32.0 Å². The predicted octanol–water partition coefficient (Wildman–Crippen LogP) is 3.46. The zero-order valence-corrected chi connectivity index (χ0v) is 14.4. The number of hydrogen-bond donors (Lipinski definition) is 1. The molecule has 132 valence electrons. The molecule has 0 aliphatic rings. The number of non-ortho nitro benzene ring substituents is 1. The van der Waals surface area contributed by atoms with Crippen LogP contribution < -0.4 is 19.6 Å². The number of nitrogens with one attached hydrogen (secondary N) is 1. The molecule has 0 spiro atoms. The Balaban J connectivity index is 2.25. The molecular formula is C17H19N3O5. The van der Waals surface area contributed by atoms with E-state index in [0.717, 1.165) is 5.56 Å². The van der Waals surface area contributed by atoms with Gasteiger partial charge in [0.1, 0.15) is 0 Å². The summed E-state index contributed by atoms with van der Waals surface area (Å²) in [5.74, 6) is 1.56. The van der Waals surface area contributed by atoms with Crippen molar-refractivity contribution in [3.8, 4) is 17.2 Å². The molecule has 0 bridgehead atoms. The average Bonchev–Trinajstić information content (AvgIpc) is 2.64. The molecule has 8 nitrogen and oxygen atoms in total. The van der Waals surface area contributed by atoms with Crippen molar-refractivity contribution in [2.24, 2.45) is 5.10 Å². The van der Waals surface area contributed by atoms with Crippen LogP contribution in [0.15, 0.2) is 41.5 Å². The van der Waals surface area contributed by atoms with Gasteiger partial charge in [-0.2, -0.15) is 5.10 Å². The second-order valence-electron chi connectivity index (χ2n) is 5.03. The smallest absolute Gasteiger partial charge is 0.269 e. The maximum absolute atomic E-state index is 10.7. The van der Waals surface area contributed by atoms with Gasteiger partial charge in [0.2, 0.25) is 5.75 Å². The van der Waals surface area contributed by atoms with E-state index in [1.807, 2.05) is 6.92 Å². The maximum atomic E-state index is 10.7. The quantitative estimate of drug-likeness (QED) is 0.469. The van der Waals surface area contributed by atoms with Crippen molar-refractivity contribution in [1.29, 1.82) is 0 Å². The summed E-state index contributed by atoms with van der Waals surface area (Å²) in [5, 5.41) is 15.0. The predicted molar refractivity (Wildman–Crippen MR) is 95.0 cm³/mol. The van der Waals surface area contributed by atoms with Gasteiger partial charge in [0.15, 0.2) is 11.5 Å². The van der Waals surface area contributed by atoms with Crippen molar-refractivity contribution in [3.05, 3.63) is 52.1 Å². The minimum Gasteiger partial charge on any atom is -0.493 e. The minimum atomic E-state index is -0.450. The van der Waals surface area contributed by atoms with Crippen LogP contribution in [0.3, 0.4) is 0 Å². The van der Waals surface area contributed by atoms with Crippen molar-refractivity contribution in [1.82, 2.24) is 0 Å². The third-order valence-corrected chi connectivity index (χ3v) is 3.51. The number of nitro groups is 1. The standard InChI is InChI=1S/C17H19N3O5/c1-11(18-19-13-5-7-14(8-6-13)20(21)22)12-9-15(23-2)17(25-4)16(10-12)24-3/h5-10,19H,1-4H3/b18-11+. The summed E-state index contributed by atoms with van der Waals surface area (Å²) in [7, 11) is 4.63. The molecule has 0 atom stereocenters. The van der Waals surface area contributed by atoms with Crippen LogP contribution in [0.2, 0.25) is 0 Å². The van der Waals surface area contributed by atoms with Crippen LogP contribution in [0.25, 0.3) is 0 Å². The molecule has 0 amide bonds. The summed E-state index contributed by atoms with van der Waals surface area (Å²) in [6, 6.07) is 9.57. The molecule has 0 fully saturated rings. The normalized spacial score (nSPS) is 11.0. The molecule has 25 heavy (non-hydrogen) atoms. The van der Waals surface area contributed by atoms with Crippen LogP contribution in [0.1, 0.15) is 12.5 Å². The summed E-state index contributed by atoms with van der Waals surface area (Å²) >= 11 is 0. The SMILES string of the molecule is COc1cc(/C(C)=N/Nc2ccc([N+](=O)[O-])cc2)cc(OC)c1OC. The van der Waals surface area contributed by atoms with Crippen molar-refractivity contribution in [3.63, 3.8) is 0 Å². The molecule has 0 aliphatic carbocycles. The van der Waals surface area contributed by atoms with E-state index < -0.39 is 4.92 Å². The Morgan fingerprint density at radius 3 is 2.04 bits per heavy atom. The first-order valence-corrected chi connectivity index (χ1v) is 7.35. The first-order valence-electron chi connectivity index (χ1n) is 7.35. The number of methoxy groups -OCH3 is 3. The second kappa shape index (κ2) is 8.00. The van der Waals surface area contributed by atoms with Crippen molar-refractivity contribution in [2.45, 2.75) is 6.92 Å². The number of hydrazone groups is 1. The highest BCUT2D eigenvalue weighted by Crippen LogP contribution is 2.38. The Bertz CT molecular complexity index is 762. The summed E-state index contributed by atoms with van der Waals surface area (Å²) < 4.78 is 15.9. The number of hydrogen-bond acceptors (Lipinski definition) is 7. The lowest BCUT2D eigenvalue weighted by atomic mass is 10.1. The third kappa shape index (κ3) is 4.17. The van der Waals surface area contributed by atoms with Gasteiger partial charge < -0.3 is 14.2 Å². The Labute approximate surface area is 145 Å². The van der Waals surface area contributed by atoms with Gasteiger partial charge in [-0.1, -0.05) is 0 Å². The number of nitrogens with zero attached hydrogens (tertiary/aromatic N) is 2. The zero-order valence-electron chi connectivity index (χ0n) is 14.4. The summed E-state index contributed by atoms with van der Waals surface area (Å²) in [6.45, 7) is 1.82. The average molecular weight is 345 g/mol. The van der Waals surface area contributed by atoms with Crippen molar-refractivity contribution >= 4 is 17.1 Å². The molecule has 0 saturated carbocycles. The van der Waals surface area contributed by atoms with Crippen molar-refractivity contribution in [2.75, 3.05) is 26.8 Å². The lowest BCUT2D eigenvalue weighted by Crippen LogP contribution is -2.03. The van der Waals surface area contributed by atoms with Gasteiger partial charge in [0, 0.05) is 17.7 Å². The van der Waals surface area contributed by atoms with Crippen LogP contribution in [0.5, 0.6) is 17.2 Å². The van der Waals surface area contributed by atoms with Crippen LogP contribution in [-0.2, 0) is 0 Å². The third-order valence-electron chi connectivity index (χ3n) is 3.51. The topological polar surface area (TPSA) is 95.2 Å². The monoisotopic (exact) mass is 345 g/mol. The molecule has 1 N–H and O–H groups in total. The van der Waals surface area contributed by atoms with Gasteiger partial charge in [0.25, 0.3) is 5.69 Å². The van der Waals surface area contributed by atoms with E-state index in [0.29, 0.717) is 28.6 Å².